The van der Waals surface area contributed by atoms with E-state index in [1.807, 2.05) is 35.6 Å². The van der Waals surface area contributed by atoms with Crippen LogP contribution in [-0.2, 0) is 17.6 Å². The number of hydrogen-bond donors (Lipinski definition) is 1. The molecule has 0 fully saturated rings. The Morgan fingerprint density at radius 2 is 1.62 bits per heavy atom. The normalized spacial score (nSPS) is 11.1. The summed E-state index contributed by atoms with van der Waals surface area (Å²) in [5, 5.41) is 1.81. The first kappa shape index (κ1) is 22.3. The van der Waals surface area contributed by atoms with Crippen LogP contribution in [0.15, 0.2) is 42.5 Å². The maximum atomic E-state index is 12.7. The summed E-state index contributed by atoms with van der Waals surface area (Å²) in [5.41, 5.74) is 1.89. The van der Waals surface area contributed by atoms with E-state index in [0.29, 0.717) is 29.0 Å². The van der Waals surface area contributed by atoms with E-state index in [0.717, 1.165) is 5.56 Å². The van der Waals surface area contributed by atoms with E-state index in [1.54, 1.807) is 6.07 Å². The lowest BCUT2D eigenvalue weighted by atomic mass is 9.99. The van der Waals surface area contributed by atoms with Gasteiger partial charge in [0.05, 0.1) is 19.8 Å². The number of nitrogens with one attached hydrogen (secondary N) is 1. The topological polar surface area (TPSA) is 64.6 Å². The molecule has 0 unspecified atom stereocenters. The average molecular weight is 409 g/mol. The van der Waals surface area contributed by atoms with Gasteiger partial charge in [-0.1, -0.05) is 30.3 Å². The smallest absolute Gasteiger partial charge is 0.471 e. The van der Waals surface area contributed by atoms with Gasteiger partial charge in [0, 0.05) is 13.0 Å². The molecule has 8 heteroatoms. The number of ketones is 1. The number of aryl methyl sites for hydroxylation is 1. The highest BCUT2D eigenvalue weighted by atomic mass is 19.4. The van der Waals surface area contributed by atoms with Crippen molar-refractivity contribution < 1.29 is 32.2 Å². The van der Waals surface area contributed by atoms with Crippen molar-refractivity contribution in [3.8, 4) is 11.5 Å². The molecule has 0 bridgehead atoms. The Kier molecular flexibility index (Phi) is 7.64. The first-order chi connectivity index (χ1) is 13.8. The number of halogens is 3. The lowest BCUT2D eigenvalue weighted by Gasteiger charge is -2.15. The summed E-state index contributed by atoms with van der Waals surface area (Å²) in [4.78, 5) is 23.6. The van der Waals surface area contributed by atoms with Gasteiger partial charge in [-0.3, -0.25) is 9.59 Å². The summed E-state index contributed by atoms with van der Waals surface area (Å²) >= 11 is 0. The van der Waals surface area contributed by atoms with E-state index in [1.165, 1.54) is 20.3 Å². The number of amides is 1. The van der Waals surface area contributed by atoms with Crippen LogP contribution in [0.5, 0.6) is 11.5 Å². The van der Waals surface area contributed by atoms with Crippen molar-refractivity contribution >= 4 is 11.7 Å². The lowest BCUT2D eigenvalue weighted by Crippen LogP contribution is -2.37. The van der Waals surface area contributed by atoms with E-state index < -0.39 is 12.1 Å². The molecule has 0 aromatic heterocycles. The standard InChI is InChI=1S/C21H22F3NO4/c1-28-18-13-16(17(26)9-8-14-6-4-3-5-7-14)19(29-2)12-15(18)10-11-25-20(27)21(22,23)24/h3-7,12-13H,8-11H2,1-2H3,(H,25,27). The number of alkyl halides is 3. The second-order valence-corrected chi connectivity index (χ2v) is 6.28. The second kappa shape index (κ2) is 9.95. The molecule has 0 radical (unpaired) electrons. The molecule has 2 aromatic carbocycles. The van der Waals surface area contributed by atoms with Crippen LogP contribution in [0.2, 0.25) is 0 Å². The van der Waals surface area contributed by atoms with Crippen molar-refractivity contribution in [3.63, 3.8) is 0 Å². The van der Waals surface area contributed by atoms with Crippen molar-refractivity contribution in [2.45, 2.75) is 25.4 Å². The highest BCUT2D eigenvalue weighted by Crippen LogP contribution is 2.30. The summed E-state index contributed by atoms with van der Waals surface area (Å²) in [6, 6.07) is 12.6. The van der Waals surface area contributed by atoms with Crippen molar-refractivity contribution in [2.24, 2.45) is 0 Å². The van der Waals surface area contributed by atoms with Crippen LogP contribution in [0.1, 0.15) is 27.9 Å². The number of hydrogen-bond acceptors (Lipinski definition) is 4. The monoisotopic (exact) mass is 409 g/mol. The predicted molar refractivity (Wildman–Crippen MR) is 101 cm³/mol. The molecule has 29 heavy (non-hydrogen) atoms. The summed E-state index contributed by atoms with van der Waals surface area (Å²) in [7, 11) is 2.81. The first-order valence-corrected chi connectivity index (χ1v) is 8.93. The van der Waals surface area contributed by atoms with Crippen LogP contribution >= 0.6 is 0 Å². The van der Waals surface area contributed by atoms with E-state index in [-0.39, 0.29) is 25.2 Å². The molecule has 0 aliphatic rings. The highest BCUT2D eigenvalue weighted by molar-refractivity contribution is 5.99. The third kappa shape index (κ3) is 6.23. The second-order valence-electron chi connectivity index (χ2n) is 6.28. The summed E-state index contributed by atoms with van der Waals surface area (Å²) in [6.07, 6.45) is -4.02. The van der Waals surface area contributed by atoms with Crippen LogP contribution in [-0.4, -0.2) is 38.6 Å². The van der Waals surface area contributed by atoms with Crippen molar-refractivity contribution in [1.29, 1.82) is 0 Å². The summed E-state index contributed by atoms with van der Waals surface area (Å²) in [6.45, 7) is -0.237. The summed E-state index contributed by atoms with van der Waals surface area (Å²) < 4.78 is 47.4. The zero-order chi connectivity index (χ0) is 21.4. The molecule has 156 valence electrons. The minimum absolute atomic E-state index is 0.0832. The van der Waals surface area contributed by atoms with Crippen molar-refractivity contribution in [2.75, 3.05) is 20.8 Å². The molecule has 1 amide bonds. The molecule has 0 heterocycles. The number of carbonyl (C=O) groups excluding carboxylic acids is 2. The molecule has 1 N–H and O–H groups in total. The van der Waals surface area contributed by atoms with Gasteiger partial charge in [0.15, 0.2) is 5.78 Å². The fourth-order valence-corrected chi connectivity index (χ4v) is 2.82. The molecule has 2 aromatic rings. The molecule has 5 nitrogen and oxygen atoms in total. The zero-order valence-corrected chi connectivity index (χ0v) is 16.1. The van der Waals surface area contributed by atoms with Crippen LogP contribution in [0.3, 0.4) is 0 Å². The number of ether oxygens (including phenoxy) is 2. The minimum Gasteiger partial charge on any atom is -0.496 e. The number of benzene rings is 2. The Hall–Kier alpha value is -3.03. The van der Waals surface area contributed by atoms with Gasteiger partial charge in [0.25, 0.3) is 0 Å². The van der Waals surface area contributed by atoms with Crippen LogP contribution in [0, 0.1) is 0 Å². The van der Waals surface area contributed by atoms with Gasteiger partial charge >= 0.3 is 12.1 Å². The predicted octanol–water partition coefficient (Wildman–Crippen LogP) is 3.74. The van der Waals surface area contributed by atoms with Gasteiger partial charge in [-0.05, 0) is 36.1 Å². The van der Waals surface area contributed by atoms with E-state index >= 15 is 0 Å². The summed E-state index contributed by atoms with van der Waals surface area (Å²) in [5.74, 6) is -1.49. The molecule has 0 spiro atoms. The molecule has 0 atom stereocenters. The average Bonchev–Trinajstić information content (AvgIpc) is 2.71. The van der Waals surface area contributed by atoms with Crippen LogP contribution < -0.4 is 14.8 Å². The molecule has 0 saturated carbocycles. The van der Waals surface area contributed by atoms with Gasteiger partial charge in [0.2, 0.25) is 0 Å². The number of rotatable bonds is 9. The number of carbonyl (C=O) groups is 2. The molecular weight excluding hydrogens is 387 g/mol. The third-order valence-electron chi connectivity index (χ3n) is 4.32. The van der Waals surface area contributed by atoms with Gasteiger partial charge in [0.1, 0.15) is 11.5 Å². The first-order valence-electron chi connectivity index (χ1n) is 8.93. The van der Waals surface area contributed by atoms with Crippen molar-refractivity contribution in [3.05, 3.63) is 59.2 Å². The van der Waals surface area contributed by atoms with E-state index in [2.05, 4.69) is 0 Å². The highest BCUT2D eigenvalue weighted by Gasteiger charge is 2.38. The fraction of sp³-hybridized carbons (Fsp3) is 0.333. The zero-order valence-electron chi connectivity index (χ0n) is 16.1. The van der Waals surface area contributed by atoms with Gasteiger partial charge < -0.3 is 14.8 Å². The minimum atomic E-state index is -4.93. The Bertz CT molecular complexity index is 851. The van der Waals surface area contributed by atoms with Crippen molar-refractivity contribution in [1.82, 2.24) is 5.32 Å². The van der Waals surface area contributed by atoms with Crippen LogP contribution in [0.25, 0.3) is 0 Å². The SMILES string of the molecule is COc1cc(C(=O)CCc2ccccc2)c(OC)cc1CCNC(=O)C(F)(F)F. The Labute approximate surface area is 166 Å². The molecule has 0 aliphatic heterocycles. The van der Waals surface area contributed by atoms with Gasteiger partial charge in [-0.2, -0.15) is 13.2 Å². The Balaban J connectivity index is 2.12. The number of methoxy groups -OCH3 is 2. The van der Waals surface area contributed by atoms with E-state index in [4.69, 9.17) is 9.47 Å². The lowest BCUT2D eigenvalue weighted by molar-refractivity contribution is -0.173. The quantitative estimate of drug-likeness (QED) is 0.641. The molecular formula is C21H22F3NO4. The van der Waals surface area contributed by atoms with Gasteiger partial charge in [-0.25, -0.2) is 0 Å². The molecule has 0 saturated heterocycles. The maximum absolute atomic E-state index is 12.7. The van der Waals surface area contributed by atoms with Gasteiger partial charge in [-0.15, -0.1) is 0 Å². The van der Waals surface area contributed by atoms with E-state index in [9.17, 15) is 22.8 Å². The molecule has 0 aliphatic carbocycles. The number of Topliss-reactive ketones (excluding diaryl/α,β-unsaturated/α-hetero) is 1. The Morgan fingerprint density at radius 1 is 0.966 bits per heavy atom. The third-order valence-corrected chi connectivity index (χ3v) is 4.32. The van der Waals surface area contributed by atoms with Crippen LogP contribution in [0.4, 0.5) is 13.2 Å². The molecule has 2 rings (SSSR count). The maximum Gasteiger partial charge on any atom is 0.471 e. The largest absolute Gasteiger partial charge is 0.496 e. The Morgan fingerprint density at radius 3 is 2.21 bits per heavy atom. The fourth-order valence-electron chi connectivity index (χ4n) is 2.82.